The van der Waals surface area contributed by atoms with Gasteiger partial charge in [0.2, 0.25) is 0 Å². The van der Waals surface area contributed by atoms with Gasteiger partial charge < -0.3 is 10.1 Å². The Morgan fingerprint density at radius 1 is 0.917 bits per heavy atom. The van der Waals surface area contributed by atoms with Crippen LogP contribution >= 0.6 is 0 Å². The van der Waals surface area contributed by atoms with E-state index in [2.05, 4.69) is 5.32 Å². The number of hydrogen-bond donors (Lipinski definition) is 1. The van der Waals surface area contributed by atoms with Crippen LogP contribution in [0.15, 0.2) is 12.1 Å². The van der Waals surface area contributed by atoms with Crippen LogP contribution in [0, 0.1) is 23.4 Å². The Labute approximate surface area is 141 Å². The molecule has 1 saturated carbocycles. The first-order valence-corrected chi connectivity index (χ1v) is 9.09. The lowest BCUT2D eigenvalue weighted by Crippen LogP contribution is -2.36. The molecule has 2 nitrogen and oxygen atoms in total. The first kappa shape index (κ1) is 17.7. The Hall–Kier alpha value is -1.07. The average molecular weight is 341 g/mol. The van der Waals surface area contributed by atoms with Gasteiger partial charge in [0.05, 0.1) is 0 Å². The van der Waals surface area contributed by atoms with Crippen LogP contribution in [0.1, 0.15) is 56.4 Å². The summed E-state index contributed by atoms with van der Waals surface area (Å²) in [5, 5.41) is 3.59. The molecule has 0 aromatic heterocycles. The minimum Gasteiger partial charge on any atom is -0.381 e. The van der Waals surface area contributed by atoms with E-state index in [1.165, 1.54) is 0 Å². The van der Waals surface area contributed by atoms with Crippen molar-refractivity contribution < 1.29 is 17.9 Å². The second-order valence-electron chi connectivity index (χ2n) is 7.13. The molecule has 1 aliphatic carbocycles. The van der Waals surface area contributed by atoms with E-state index in [0.29, 0.717) is 12.0 Å². The summed E-state index contributed by atoms with van der Waals surface area (Å²) in [6, 6.07) is 2.16. The van der Waals surface area contributed by atoms with Crippen LogP contribution in [0.25, 0.3) is 0 Å². The molecule has 3 rings (SSSR count). The van der Waals surface area contributed by atoms with Gasteiger partial charge in [0.1, 0.15) is 17.5 Å². The van der Waals surface area contributed by atoms with Crippen molar-refractivity contribution in [3.8, 4) is 0 Å². The molecule has 0 spiro atoms. The fraction of sp³-hybridized carbons (Fsp3) is 0.684. The smallest absolute Gasteiger partial charge is 0.132 e. The standard InChI is InChI=1S/C19H26F3NO/c20-15-11-17(21)19(18(22)12-15)14-3-1-13(2-4-14)5-8-23-16-6-9-24-10-7-16/h11-14,16,23H,1-10H2/t13-,14-. The third kappa shape index (κ3) is 4.51. The van der Waals surface area contributed by atoms with E-state index in [4.69, 9.17) is 4.74 Å². The third-order valence-corrected chi connectivity index (χ3v) is 5.51. The lowest BCUT2D eigenvalue weighted by molar-refractivity contribution is 0.0775. The van der Waals surface area contributed by atoms with Gasteiger partial charge in [-0.2, -0.15) is 0 Å². The Morgan fingerprint density at radius 2 is 1.54 bits per heavy atom. The van der Waals surface area contributed by atoms with Crippen LogP contribution in [0.3, 0.4) is 0 Å². The van der Waals surface area contributed by atoms with Crippen molar-refractivity contribution in [1.29, 1.82) is 0 Å². The lowest BCUT2D eigenvalue weighted by atomic mass is 9.77. The van der Waals surface area contributed by atoms with Crippen molar-refractivity contribution >= 4 is 0 Å². The first-order chi connectivity index (χ1) is 11.6. The van der Waals surface area contributed by atoms with Gasteiger partial charge in [-0.1, -0.05) is 0 Å². The predicted octanol–water partition coefficient (Wildman–Crippen LogP) is 4.54. The number of nitrogens with one attached hydrogen (secondary N) is 1. The molecule has 24 heavy (non-hydrogen) atoms. The summed E-state index contributed by atoms with van der Waals surface area (Å²) in [6.07, 6.45) is 6.79. The molecule has 0 radical (unpaired) electrons. The van der Waals surface area contributed by atoms with Crippen LogP contribution < -0.4 is 5.32 Å². The average Bonchev–Trinajstić information content (AvgIpc) is 2.56. The van der Waals surface area contributed by atoms with Gasteiger partial charge in [0.25, 0.3) is 0 Å². The molecule has 5 heteroatoms. The van der Waals surface area contributed by atoms with Crippen LogP contribution in [-0.4, -0.2) is 25.8 Å². The van der Waals surface area contributed by atoms with Crippen LogP contribution in [0.5, 0.6) is 0 Å². The molecule has 1 saturated heterocycles. The molecule has 0 unspecified atom stereocenters. The summed E-state index contributed by atoms with van der Waals surface area (Å²) in [7, 11) is 0. The molecule has 1 heterocycles. The number of hydrogen-bond acceptors (Lipinski definition) is 2. The van der Waals surface area contributed by atoms with E-state index in [-0.39, 0.29) is 11.5 Å². The van der Waals surface area contributed by atoms with E-state index >= 15 is 0 Å². The maximum absolute atomic E-state index is 13.9. The minimum absolute atomic E-state index is 0.0789. The van der Waals surface area contributed by atoms with Crippen molar-refractivity contribution in [1.82, 2.24) is 5.32 Å². The summed E-state index contributed by atoms with van der Waals surface area (Å²) < 4.78 is 46.2. The third-order valence-electron chi connectivity index (χ3n) is 5.51. The van der Waals surface area contributed by atoms with Gasteiger partial charge in [-0.15, -0.1) is 0 Å². The highest BCUT2D eigenvalue weighted by molar-refractivity contribution is 5.25. The second kappa shape index (κ2) is 8.34. The van der Waals surface area contributed by atoms with E-state index in [1.807, 2.05) is 0 Å². The van der Waals surface area contributed by atoms with Crippen molar-refractivity contribution in [2.75, 3.05) is 19.8 Å². The molecular weight excluding hydrogens is 315 g/mol. The summed E-state index contributed by atoms with van der Waals surface area (Å²) in [5.41, 5.74) is 0.0789. The van der Waals surface area contributed by atoms with E-state index < -0.39 is 17.5 Å². The van der Waals surface area contributed by atoms with E-state index in [9.17, 15) is 13.2 Å². The molecule has 1 aliphatic heterocycles. The second-order valence-corrected chi connectivity index (χ2v) is 7.13. The molecule has 0 amide bonds. The number of benzene rings is 1. The highest BCUT2D eigenvalue weighted by Gasteiger charge is 2.27. The Morgan fingerprint density at radius 3 is 2.17 bits per heavy atom. The molecule has 0 atom stereocenters. The van der Waals surface area contributed by atoms with Crippen molar-refractivity contribution in [2.45, 2.75) is 56.9 Å². The van der Waals surface area contributed by atoms with E-state index in [0.717, 1.165) is 76.8 Å². The topological polar surface area (TPSA) is 21.3 Å². The molecular formula is C19H26F3NO. The molecule has 0 bridgehead atoms. The van der Waals surface area contributed by atoms with Gasteiger partial charge in [-0.25, -0.2) is 13.2 Å². The normalized spacial score (nSPS) is 25.8. The molecule has 134 valence electrons. The quantitative estimate of drug-likeness (QED) is 0.849. The molecule has 2 fully saturated rings. The Balaban J connectivity index is 1.44. The fourth-order valence-electron chi connectivity index (χ4n) is 4.08. The molecule has 1 N–H and O–H groups in total. The fourth-order valence-corrected chi connectivity index (χ4v) is 4.08. The molecule has 2 aliphatic rings. The Bertz CT molecular complexity index is 514. The monoisotopic (exact) mass is 341 g/mol. The number of halogens is 3. The maximum Gasteiger partial charge on any atom is 0.132 e. The highest BCUT2D eigenvalue weighted by atomic mass is 19.1. The summed E-state index contributed by atoms with van der Waals surface area (Å²) >= 11 is 0. The van der Waals surface area contributed by atoms with Gasteiger partial charge >= 0.3 is 0 Å². The van der Waals surface area contributed by atoms with Crippen molar-refractivity contribution in [2.24, 2.45) is 5.92 Å². The number of ether oxygens (including phenoxy) is 1. The molecule has 1 aromatic carbocycles. The highest BCUT2D eigenvalue weighted by Crippen LogP contribution is 2.39. The van der Waals surface area contributed by atoms with Gasteiger partial charge in [-0.05, 0) is 63.3 Å². The van der Waals surface area contributed by atoms with Gasteiger partial charge in [0, 0.05) is 37.0 Å². The van der Waals surface area contributed by atoms with Crippen molar-refractivity contribution in [3.05, 3.63) is 35.1 Å². The number of rotatable bonds is 5. The SMILES string of the molecule is Fc1cc(F)c([C@H]2CC[C@H](CCNC3CCOCC3)CC2)c(F)c1. The zero-order valence-electron chi connectivity index (χ0n) is 14.0. The Kier molecular flexibility index (Phi) is 6.17. The zero-order valence-corrected chi connectivity index (χ0v) is 14.0. The maximum atomic E-state index is 13.9. The minimum atomic E-state index is -0.846. The largest absolute Gasteiger partial charge is 0.381 e. The summed E-state index contributed by atoms with van der Waals surface area (Å²) in [5.74, 6) is -1.83. The van der Waals surface area contributed by atoms with Crippen molar-refractivity contribution in [3.63, 3.8) is 0 Å². The predicted molar refractivity (Wildman–Crippen MR) is 87.5 cm³/mol. The lowest BCUT2D eigenvalue weighted by Gasteiger charge is -2.30. The van der Waals surface area contributed by atoms with Gasteiger partial charge in [-0.3, -0.25) is 0 Å². The molecule has 1 aromatic rings. The van der Waals surface area contributed by atoms with Crippen LogP contribution in [0.4, 0.5) is 13.2 Å². The summed E-state index contributed by atoms with van der Waals surface area (Å²) in [4.78, 5) is 0. The van der Waals surface area contributed by atoms with Crippen LogP contribution in [0.2, 0.25) is 0 Å². The first-order valence-electron chi connectivity index (χ1n) is 9.09. The zero-order chi connectivity index (χ0) is 16.9. The van der Waals surface area contributed by atoms with Gasteiger partial charge in [0.15, 0.2) is 0 Å². The van der Waals surface area contributed by atoms with E-state index in [1.54, 1.807) is 0 Å². The van der Waals surface area contributed by atoms with Crippen LogP contribution in [-0.2, 0) is 4.74 Å². The summed E-state index contributed by atoms with van der Waals surface area (Å²) in [6.45, 7) is 2.69.